The molecule has 0 radical (unpaired) electrons. The SMILES string of the molecule is Cc1cc(=O)[nH]c(Sc2c(Cl)cccc2C=O)n1. The lowest BCUT2D eigenvalue weighted by Gasteiger charge is -2.06. The van der Waals surface area contributed by atoms with E-state index in [1.807, 2.05) is 0 Å². The zero-order valence-corrected chi connectivity index (χ0v) is 11.0. The molecule has 0 saturated heterocycles. The van der Waals surface area contributed by atoms with E-state index >= 15 is 0 Å². The molecule has 0 fully saturated rings. The Morgan fingerprint density at radius 1 is 1.44 bits per heavy atom. The molecule has 0 atom stereocenters. The van der Waals surface area contributed by atoms with E-state index in [0.717, 1.165) is 18.0 Å². The number of aromatic amines is 1. The smallest absolute Gasteiger partial charge is 0.251 e. The van der Waals surface area contributed by atoms with E-state index in [4.69, 9.17) is 11.6 Å². The number of hydrogen-bond acceptors (Lipinski definition) is 4. The first-order chi connectivity index (χ1) is 8.60. The molecule has 0 aliphatic carbocycles. The molecule has 1 aromatic carbocycles. The van der Waals surface area contributed by atoms with Crippen molar-refractivity contribution in [2.75, 3.05) is 0 Å². The van der Waals surface area contributed by atoms with Gasteiger partial charge in [-0.1, -0.05) is 23.7 Å². The Kier molecular flexibility index (Phi) is 3.84. The normalized spacial score (nSPS) is 10.3. The Hall–Kier alpha value is -1.59. The first-order valence-electron chi connectivity index (χ1n) is 5.09. The predicted octanol–water partition coefficient (Wildman–Crippen LogP) is 2.70. The maximum absolute atomic E-state index is 11.3. The standard InChI is InChI=1S/C12H9ClN2O2S/c1-7-5-10(17)15-12(14-7)18-11-8(6-16)3-2-4-9(11)13/h2-6H,1H3,(H,14,15,17). The van der Waals surface area contributed by atoms with E-state index in [-0.39, 0.29) is 5.56 Å². The number of halogens is 1. The fourth-order valence-corrected chi connectivity index (χ4v) is 2.65. The summed E-state index contributed by atoms with van der Waals surface area (Å²) >= 11 is 7.20. The number of carbonyl (C=O) groups excluding carboxylic acids is 1. The Balaban J connectivity index is 2.45. The predicted molar refractivity (Wildman–Crippen MR) is 70.6 cm³/mol. The van der Waals surface area contributed by atoms with Crippen molar-refractivity contribution in [2.24, 2.45) is 0 Å². The van der Waals surface area contributed by atoms with Gasteiger partial charge in [0.25, 0.3) is 5.56 Å². The summed E-state index contributed by atoms with van der Waals surface area (Å²) in [6.45, 7) is 1.73. The molecule has 0 bridgehead atoms. The minimum absolute atomic E-state index is 0.232. The van der Waals surface area contributed by atoms with Crippen LogP contribution in [-0.4, -0.2) is 16.3 Å². The van der Waals surface area contributed by atoms with Crippen molar-refractivity contribution in [1.82, 2.24) is 9.97 Å². The van der Waals surface area contributed by atoms with Crippen LogP contribution in [0.3, 0.4) is 0 Å². The van der Waals surface area contributed by atoms with Crippen molar-refractivity contribution >= 4 is 29.6 Å². The van der Waals surface area contributed by atoms with Crippen LogP contribution in [0.5, 0.6) is 0 Å². The van der Waals surface area contributed by atoms with E-state index in [9.17, 15) is 9.59 Å². The highest BCUT2D eigenvalue weighted by molar-refractivity contribution is 7.99. The average molecular weight is 281 g/mol. The monoisotopic (exact) mass is 280 g/mol. The summed E-state index contributed by atoms with van der Waals surface area (Å²) < 4.78 is 0. The van der Waals surface area contributed by atoms with Crippen molar-refractivity contribution in [3.8, 4) is 0 Å². The molecule has 0 unspecified atom stereocenters. The van der Waals surface area contributed by atoms with Crippen LogP contribution in [0.2, 0.25) is 5.02 Å². The Bertz CT molecular complexity index is 655. The number of nitrogens with zero attached hydrogens (tertiary/aromatic N) is 1. The van der Waals surface area contributed by atoms with Crippen molar-refractivity contribution < 1.29 is 4.79 Å². The molecule has 2 aromatic rings. The summed E-state index contributed by atoms with van der Waals surface area (Å²) in [6.07, 6.45) is 0.724. The summed E-state index contributed by atoms with van der Waals surface area (Å²) in [5.74, 6) is 0. The zero-order valence-electron chi connectivity index (χ0n) is 9.44. The van der Waals surface area contributed by atoms with Gasteiger partial charge in [-0.15, -0.1) is 0 Å². The third-order valence-corrected chi connectivity index (χ3v) is 3.64. The quantitative estimate of drug-likeness (QED) is 0.693. The number of hydrogen-bond donors (Lipinski definition) is 1. The summed E-state index contributed by atoms with van der Waals surface area (Å²) in [5, 5.41) is 0.866. The molecule has 2 rings (SSSR count). The molecule has 1 heterocycles. The highest BCUT2D eigenvalue weighted by Gasteiger charge is 2.10. The molecule has 0 aliphatic heterocycles. The number of carbonyl (C=O) groups is 1. The van der Waals surface area contributed by atoms with Crippen LogP contribution in [0, 0.1) is 6.92 Å². The molecule has 0 aliphatic rings. The van der Waals surface area contributed by atoms with Crippen molar-refractivity contribution in [1.29, 1.82) is 0 Å². The minimum atomic E-state index is -0.232. The zero-order chi connectivity index (χ0) is 13.1. The van der Waals surface area contributed by atoms with Gasteiger partial charge >= 0.3 is 0 Å². The average Bonchev–Trinajstić information content (AvgIpc) is 2.30. The molecule has 0 amide bonds. The van der Waals surface area contributed by atoms with Crippen molar-refractivity contribution in [3.63, 3.8) is 0 Å². The number of aromatic nitrogens is 2. The summed E-state index contributed by atoms with van der Waals surface area (Å²) in [6, 6.07) is 6.44. The Labute approximate surface area is 112 Å². The Morgan fingerprint density at radius 2 is 2.22 bits per heavy atom. The molecule has 0 saturated carbocycles. The van der Waals surface area contributed by atoms with Crippen LogP contribution in [0.15, 0.2) is 39.1 Å². The molecule has 4 nitrogen and oxygen atoms in total. The third-order valence-electron chi connectivity index (χ3n) is 2.17. The third kappa shape index (κ3) is 2.80. The van der Waals surface area contributed by atoms with Crippen LogP contribution in [0.4, 0.5) is 0 Å². The van der Waals surface area contributed by atoms with Crippen LogP contribution in [0.25, 0.3) is 0 Å². The minimum Gasteiger partial charge on any atom is -0.301 e. The molecule has 0 spiro atoms. The van der Waals surface area contributed by atoms with Crippen LogP contribution in [0.1, 0.15) is 16.1 Å². The maximum atomic E-state index is 11.3. The highest BCUT2D eigenvalue weighted by Crippen LogP contribution is 2.33. The summed E-state index contributed by atoms with van der Waals surface area (Å²) in [5.41, 5.74) is 0.849. The van der Waals surface area contributed by atoms with Gasteiger partial charge in [0.1, 0.15) is 0 Å². The maximum Gasteiger partial charge on any atom is 0.251 e. The molecule has 1 aromatic heterocycles. The Morgan fingerprint density at radius 3 is 2.89 bits per heavy atom. The number of nitrogens with one attached hydrogen (secondary N) is 1. The van der Waals surface area contributed by atoms with Gasteiger partial charge in [0.05, 0.1) is 5.02 Å². The lowest BCUT2D eigenvalue weighted by atomic mass is 10.2. The number of benzene rings is 1. The fourth-order valence-electron chi connectivity index (χ4n) is 1.42. The van der Waals surface area contributed by atoms with Crippen molar-refractivity contribution in [2.45, 2.75) is 17.0 Å². The number of H-pyrrole nitrogens is 1. The molecule has 92 valence electrons. The van der Waals surface area contributed by atoms with Gasteiger partial charge in [0.2, 0.25) is 0 Å². The van der Waals surface area contributed by atoms with Crippen molar-refractivity contribution in [3.05, 3.63) is 50.9 Å². The topological polar surface area (TPSA) is 62.8 Å². The van der Waals surface area contributed by atoms with Crippen LogP contribution >= 0.6 is 23.4 Å². The molecule has 1 N–H and O–H groups in total. The second-order valence-electron chi connectivity index (χ2n) is 3.57. The van der Waals surface area contributed by atoms with E-state index in [1.54, 1.807) is 25.1 Å². The van der Waals surface area contributed by atoms with E-state index in [0.29, 0.717) is 26.3 Å². The lowest BCUT2D eigenvalue weighted by Crippen LogP contribution is -2.08. The van der Waals surface area contributed by atoms with Gasteiger partial charge in [0.15, 0.2) is 11.4 Å². The number of aldehydes is 1. The summed E-state index contributed by atoms with van der Waals surface area (Å²) in [4.78, 5) is 29.6. The largest absolute Gasteiger partial charge is 0.301 e. The highest BCUT2D eigenvalue weighted by atomic mass is 35.5. The van der Waals surface area contributed by atoms with Crippen LogP contribution in [-0.2, 0) is 0 Å². The van der Waals surface area contributed by atoms with Gasteiger partial charge in [-0.25, -0.2) is 4.98 Å². The second-order valence-corrected chi connectivity index (χ2v) is 4.98. The first kappa shape index (κ1) is 12.9. The number of aryl methyl sites for hydroxylation is 1. The van der Waals surface area contributed by atoms with Gasteiger partial charge < -0.3 is 4.98 Å². The van der Waals surface area contributed by atoms with Gasteiger partial charge in [-0.2, -0.15) is 0 Å². The lowest BCUT2D eigenvalue weighted by molar-refractivity contribution is 0.112. The molecule has 18 heavy (non-hydrogen) atoms. The molecular formula is C12H9ClN2O2S. The van der Waals surface area contributed by atoms with Gasteiger partial charge in [-0.3, -0.25) is 9.59 Å². The molecule has 6 heteroatoms. The van der Waals surface area contributed by atoms with Gasteiger partial charge in [-0.05, 0) is 24.8 Å². The fraction of sp³-hybridized carbons (Fsp3) is 0.0833. The van der Waals surface area contributed by atoms with E-state index in [2.05, 4.69) is 9.97 Å². The number of rotatable bonds is 3. The first-order valence-corrected chi connectivity index (χ1v) is 6.29. The molecular weight excluding hydrogens is 272 g/mol. The van der Waals surface area contributed by atoms with E-state index < -0.39 is 0 Å². The van der Waals surface area contributed by atoms with Gasteiger partial charge in [0, 0.05) is 22.2 Å². The van der Waals surface area contributed by atoms with Crippen LogP contribution < -0.4 is 5.56 Å². The second kappa shape index (κ2) is 5.37. The van der Waals surface area contributed by atoms with E-state index in [1.165, 1.54) is 6.07 Å². The summed E-state index contributed by atoms with van der Waals surface area (Å²) in [7, 11) is 0.